The Kier molecular flexibility index (Phi) is 2.63. The van der Waals surface area contributed by atoms with Gasteiger partial charge in [0.25, 0.3) is 5.91 Å². The number of rotatable bonds is 3. The summed E-state index contributed by atoms with van der Waals surface area (Å²) in [6.45, 7) is 3.72. The molecule has 66 valence electrons. The topological polar surface area (TPSA) is 55.4 Å². The Balaban J connectivity index is 2.68. The molecule has 0 atom stereocenters. The molecular weight excluding hydrogens is 152 g/mol. The van der Waals surface area contributed by atoms with Gasteiger partial charge in [0.1, 0.15) is 5.70 Å². The molecule has 0 aromatic carbocycles. The van der Waals surface area contributed by atoms with Crippen molar-refractivity contribution >= 4 is 11.6 Å². The molecule has 0 spiro atoms. The van der Waals surface area contributed by atoms with Gasteiger partial charge >= 0.3 is 0 Å². The van der Waals surface area contributed by atoms with Gasteiger partial charge in [-0.2, -0.15) is 0 Å². The second-order valence-electron chi connectivity index (χ2n) is 3.07. The van der Waals surface area contributed by atoms with Crippen LogP contribution in [0.15, 0.2) is 16.8 Å². The zero-order valence-corrected chi connectivity index (χ0v) is 7.50. The number of amides is 1. The summed E-state index contributed by atoms with van der Waals surface area (Å²) in [6, 6.07) is 0. The minimum Gasteiger partial charge on any atom is -0.364 e. The van der Waals surface area contributed by atoms with Gasteiger partial charge in [-0.3, -0.25) is 9.79 Å². The number of aliphatic imine (C=N–C) groups is 1. The SMILES string of the molecule is C/C=C(\N=C(/C)C1CC1)C(N)=O. The molecule has 0 aromatic rings. The van der Waals surface area contributed by atoms with E-state index in [4.69, 9.17) is 5.73 Å². The molecule has 0 aliphatic heterocycles. The van der Waals surface area contributed by atoms with Crippen LogP contribution in [0.5, 0.6) is 0 Å². The molecule has 0 heterocycles. The summed E-state index contributed by atoms with van der Waals surface area (Å²) in [5.41, 5.74) is 6.51. The Morgan fingerprint density at radius 1 is 1.58 bits per heavy atom. The second-order valence-corrected chi connectivity index (χ2v) is 3.07. The van der Waals surface area contributed by atoms with Crippen molar-refractivity contribution in [1.82, 2.24) is 0 Å². The van der Waals surface area contributed by atoms with Crippen molar-refractivity contribution in [1.29, 1.82) is 0 Å². The van der Waals surface area contributed by atoms with E-state index in [2.05, 4.69) is 4.99 Å². The summed E-state index contributed by atoms with van der Waals surface area (Å²) < 4.78 is 0. The molecule has 3 heteroatoms. The third kappa shape index (κ3) is 2.19. The maximum atomic E-state index is 10.8. The average Bonchev–Trinajstić information content (AvgIpc) is 2.80. The van der Waals surface area contributed by atoms with E-state index >= 15 is 0 Å². The van der Waals surface area contributed by atoms with Crippen LogP contribution in [0.25, 0.3) is 0 Å². The van der Waals surface area contributed by atoms with E-state index in [0.29, 0.717) is 11.6 Å². The molecule has 0 unspecified atom stereocenters. The van der Waals surface area contributed by atoms with Crippen LogP contribution in [0.1, 0.15) is 26.7 Å². The van der Waals surface area contributed by atoms with E-state index in [1.54, 1.807) is 13.0 Å². The molecule has 12 heavy (non-hydrogen) atoms. The van der Waals surface area contributed by atoms with Gasteiger partial charge < -0.3 is 5.73 Å². The molecule has 0 bridgehead atoms. The summed E-state index contributed by atoms with van der Waals surface area (Å²) in [5.74, 6) is 0.150. The molecule has 0 aromatic heterocycles. The van der Waals surface area contributed by atoms with Gasteiger partial charge in [-0.1, -0.05) is 6.08 Å². The number of primary amides is 1. The highest BCUT2D eigenvalue weighted by atomic mass is 16.1. The Morgan fingerprint density at radius 2 is 2.17 bits per heavy atom. The lowest BCUT2D eigenvalue weighted by Gasteiger charge is -1.97. The second kappa shape index (κ2) is 3.52. The van der Waals surface area contributed by atoms with Crippen molar-refractivity contribution in [2.75, 3.05) is 0 Å². The van der Waals surface area contributed by atoms with Crippen molar-refractivity contribution in [3.8, 4) is 0 Å². The monoisotopic (exact) mass is 166 g/mol. The van der Waals surface area contributed by atoms with Gasteiger partial charge in [0.15, 0.2) is 0 Å². The first-order valence-electron chi connectivity index (χ1n) is 4.16. The zero-order chi connectivity index (χ0) is 9.14. The highest BCUT2D eigenvalue weighted by Gasteiger charge is 2.24. The number of carbonyl (C=O) groups excluding carboxylic acids is 1. The number of hydrogen-bond donors (Lipinski definition) is 1. The van der Waals surface area contributed by atoms with Gasteiger partial charge in [0.05, 0.1) is 0 Å². The molecule has 2 N–H and O–H groups in total. The van der Waals surface area contributed by atoms with Crippen LogP contribution in [0.2, 0.25) is 0 Å². The van der Waals surface area contributed by atoms with Gasteiger partial charge in [0, 0.05) is 5.71 Å². The van der Waals surface area contributed by atoms with Gasteiger partial charge in [0.2, 0.25) is 0 Å². The van der Waals surface area contributed by atoms with Crippen LogP contribution in [-0.4, -0.2) is 11.6 Å². The summed E-state index contributed by atoms with van der Waals surface area (Å²) >= 11 is 0. The molecule has 1 fully saturated rings. The van der Waals surface area contributed by atoms with E-state index in [1.807, 2.05) is 6.92 Å². The highest BCUT2D eigenvalue weighted by Crippen LogP contribution is 2.30. The zero-order valence-electron chi connectivity index (χ0n) is 7.50. The predicted molar refractivity (Wildman–Crippen MR) is 48.8 cm³/mol. The lowest BCUT2D eigenvalue weighted by molar-refractivity contribution is -0.114. The molecule has 0 saturated heterocycles. The molecule has 1 rings (SSSR count). The van der Waals surface area contributed by atoms with Crippen LogP contribution >= 0.6 is 0 Å². The molecule has 1 saturated carbocycles. The van der Waals surface area contributed by atoms with Crippen molar-refractivity contribution in [2.24, 2.45) is 16.6 Å². The normalized spacial score (nSPS) is 19.5. The van der Waals surface area contributed by atoms with E-state index in [9.17, 15) is 4.79 Å². The first-order chi connectivity index (χ1) is 5.65. The standard InChI is InChI=1S/C9H14N2O/c1-3-8(9(10)12)11-6(2)7-4-5-7/h3,7H,4-5H2,1-2H3,(H2,10,12)/b8-3-,11-6+. The first kappa shape index (κ1) is 8.97. The minimum atomic E-state index is -0.447. The molecule has 1 aliphatic carbocycles. The molecule has 3 nitrogen and oxygen atoms in total. The summed E-state index contributed by atoms with van der Waals surface area (Å²) in [4.78, 5) is 14.9. The van der Waals surface area contributed by atoms with Gasteiger partial charge in [-0.15, -0.1) is 0 Å². The Morgan fingerprint density at radius 3 is 2.50 bits per heavy atom. The number of nitrogens with zero attached hydrogens (tertiary/aromatic N) is 1. The van der Waals surface area contributed by atoms with Gasteiger partial charge in [-0.05, 0) is 32.6 Å². The third-order valence-electron chi connectivity index (χ3n) is 1.99. The number of nitrogens with two attached hydrogens (primary N) is 1. The van der Waals surface area contributed by atoms with Crippen molar-refractivity contribution in [2.45, 2.75) is 26.7 Å². The lowest BCUT2D eigenvalue weighted by atomic mass is 10.3. The minimum absolute atomic E-state index is 0.374. The summed E-state index contributed by atoms with van der Waals surface area (Å²) in [7, 11) is 0. The van der Waals surface area contributed by atoms with Crippen LogP contribution in [0.4, 0.5) is 0 Å². The highest BCUT2D eigenvalue weighted by molar-refractivity contribution is 5.96. The Labute approximate surface area is 72.4 Å². The predicted octanol–water partition coefficient (Wildman–Crippen LogP) is 1.25. The molecule has 0 radical (unpaired) electrons. The lowest BCUT2D eigenvalue weighted by Crippen LogP contribution is -2.13. The summed E-state index contributed by atoms with van der Waals surface area (Å²) in [5, 5.41) is 0. The fraction of sp³-hybridized carbons (Fsp3) is 0.556. The summed E-state index contributed by atoms with van der Waals surface area (Å²) in [6.07, 6.45) is 4.05. The number of carbonyl (C=O) groups is 1. The van der Waals surface area contributed by atoms with E-state index < -0.39 is 5.91 Å². The van der Waals surface area contributed by atoms with Crippen LogP contribution in [-0.2, 0) is 4.79 Å². The van der Waals surface area contributed by atoms with Crippen LogP contribution in [0.3, 0.4) is 0 Å². The Hall–Kier alpha value is -1.12. The Bertz CT molecular complexity index is 249. The van der Waals surface area contributed by atoms with E-state index in [0.717, 1.165) is 5.71 Å². The smallest absolute Gasteiger partial charge is 0.266 e. The van der Waals surface area contributed by atoms with Crippen molar-refractivity contribution in [3.63, 3.8) is 0 Å². The van der Waals surface area contributed by atoms with Crippen LogP contribution in [0, 0.1) is 5.92 Å². The fourth-order valence-corrected chi connectivity index (χ4v) is 1.04. The molecule has 1 aliphatic rings. The van der Waals surface area contributed by atoms with Crippen molar-refractivity contribution < 1.29 is 4.79 Å². The van der Waals surface area contributed by atoms with Gasteiger partial charge in [-0.25, -0.2) is 0 Å². The van der Waals surface area contributed by atoms with E-state index in [1.165, 1.54) is 12.8 Å². The van der Waals surface area contributed by atoms with Crippen molar-refractivity contribution in [3.05, 3.63) is 11.8 Å². The van der Waals surface area contributed by atoms with Crippen LogP contribution < -0.4 is 5.73 Å². The third-order valence-corrected chi connectivity index (χ3v) is 1.99. The number of hydrogen-bond acceptors (Lipinski definition) is 2. The maximum absolute atomic E-state index is 10.8. The quantitative estimate of drug-likeness (QED) is 0.498. The first-order valence-corrected chi connectivity index (χ1v) is 4.16. The fourth-order valence-electron chi connectivity index (χ4n) is 1.04. The molecular formula is C9H14N2O. The largest absolute Gasteiger partial charge is 0.364 e. The average molecular weight is 166 g/mol. The van der Waals surface area contributed by atoms with E-state index in [-0.39, 0.29) is 0 Å². The maximum Gasteiger partial charge on any atom is 0.266 e. The molecule has 1 amide bonds. The number of allylic oxidation sites excluding steroid dienone is 1.